The highest BCUT2D eigenvalue weighted by Crippen LogP contribution is 2.27. The molecule has 0 spiro atoms. The Morgan fingerprint density at radius 1 is 1.28 bits per heavy atom. The molecule has 18 heavy (non-hydrogen) atoms. The van der Waals surface area contributed by atoms with E-state index in [1.807, 2.05) is 19.2 Å². The zero-order valence-corrected chi connectivity index (χ0v) is 11.5. The van der Waals surface area contributed by atoms with Crippen molar-refractivity contribution >= 4 is 16.7 Å². The summed E-state index contributed by atoms with van der Waals surface area (Å²) in [7, 11) is 3.62. The fourth-order valence-corrected chi connectivity index (χ4v) is 2.27. The quantitative estimate of drug-likeness (QED) is 0.893. The highest BCUT2D eigenvalue weighted by atomic mass is 16.5. The molecule has 0 radical (unpaired) electrons. The molecule has 0 aliphatic heterocycles. The number of anilines is 1. The second-order valence-electron chi connectivity index (χ2n) is 4.51. The molecule has 0 amide bonds. The Hall–Kier alpha value is -1.77. The summed E-state index contributed by atoms with van der Waals surface area (Å²) >= 11 is 0. The van der Waals surface area contributed by atoms with E-state index >= 15 is 0 Å². The highest BCUT2D eigenvalue weighted by molar-refractivity contribution is 5.86. The number of nitrogens with zero attached hydrogens (tertiary/aromatic N) is 1. The molecule has 96 valence electrons. The molecule has 3 nitrogen and oxygen atoms in total. The number of rotatable bonds is 4. The van der Waals surface area contributed by atoms with Gasteiger partial charge in [0.25, 0.3) is 0 Å². The third-order valence-corrected chi connectivity index (χ3v) is 3.15. The van der Waals surface area contributed by atoms with Gasteiger partial charge in [-0.3, -0.25) is 0 Å². The van der Waals surface area contributed by atoms with E-state index in [-0.39, 0.29) is 0 Å². The van der Waals surface area contributed by atoms with Crippen molar-refractivity contribution in [3.05, 3.63) is 29.3 Å². The summed E-state index contributed by atoms with van der Waals surface area (Å²) < 4.78 is 5.32. The number of aryl methyl sites for hydroxylation is 2. The summed E-state index contributed by atoms with van der Waals surface area (Å²) in [5.41, 5.74) is 3.45. The van der Waals surface area contributed by atoms with Gasteiger partial charge < -0.3 is 10.1 Å². The molecular weight excluding hydrogens is 224 g/mol. The lowest BCUT2D eigenvalue weighted by Gasteiger charge is -2.12. The van der Waals surface area contributed by atoms with Gasteiger partial charge in [-0.15, -0.1) is 0 Å². The lowest BCUT2D eigenvalue weighted by atomic mass is 10.0. The van der Waals surface area contributed by atoms with Crippen LogP contribution in [0.4, 0.5) is 5.82 Å². The van der Waals surface area contributed by atoms with E-state index in [2.05, 4.69) is 25.2 Å². The maximum absolute atomic E-state index is 5.32. The first-order valence-electron chi connectivity index (χ1n) is 6.35. The Morgan fingerprint density at radius 3 is 2.67 bits per heavy atom. The minimum absolute atomic E-state index is 0.890. The fraction of sp³-hybridized carbons (Fsp3) is 0.400. The van der Waals surface area contributed by atoms with Crippen molar-refractivity contribution in [2.75, 3.05) is 19.5 Å². The molecule has 0 saturated carbocycles. The molecule has 1 aromatic carbocycles. The van der Waals surface area contributed by atoms with Crippen LogP contribution in [0.25, 0.3) is 10.9 Å². The van der Waals surface area contributed by atoms with Crippen molar-refractivity contribution in [2.24, 2.45) is 0 Å². The lowest BCUT2D eigenvalue weighted by molar-refractivity contribution is 0.415. The number of aromatic nitrogens is 1. The molecule has 0 saturated heterocycles. The van der Waals surface area contributed by atoms with Gasteiger partial charge in [-0.05, 0) is 42.7 Å². The second kappa shape index (κ2) is 5.25. The molecule has 0 atom stereocenters. The lowest BCUT2D eigenvalue weighted by Crippen LogP contribution is -2.00. The number of methoxy groups -OCH3 is 1. The monoisotopic (exact) mass is 244 g/mol. The van der Waals surface area contributed by atoms with E-state index in [4.69, 9.17) is 9.72 Å². The molecule has 0 aliphatic rings. The van der Waals surface area contributed by atoms with Gasteiger partial charge in [-0.25, -0.2) is 4.98 Å². The topological polar surface area (TPSA) is 34.1 Å². The van der Waals surface area contributed by atoms with E-state index in [1.54, 1.807) is 7.11 Å². The molecule has 1 heterocycles. The van der Waals surface area contributed by atoms with Gasteiger partial charge in [0, 0.05) is 12.4 Å². The summed E-state index contributed by atoms with van der Waals surface area (Å²) in [6.07, 6.45) is 2.15. The number of pyridine rings is 1. The number of hydrogen-bond donors (Lipinski definition) is 1. The molecule has 1 N–H and O–H groups in total. The van der Waals surface area contributed by atoms with Gasteiger partial charge in [0.05, 0.1) is 12.6 Å². The number of ether oxygens (including phenoxy) is 1. The molecule has 3 heteroatoms. The summed E-state index contributed by atoms with van der Waals surface area (Å²) in [4.78, 5) is 4.72. The van der Waals surface area contributed by atoms with Gasteiger partial charge in [-0.1, -0.05) is 13.3 Å². The molecular formula is C15H20N2O. The first kappa shape index (κ1) is 12.7. The van der Waals surface area contributed by atoms with Crippen molar-refractivity contribution < 1.29 is 4.74 Å². The van der Waals surface area contributed by atoms with Crippen LogP contribution in [-0.4, -0.2) is 19.1 Å². The van der Waals surface area contributed by atoms with E-state index in [0.717, 1.165) is 40.9 Å². The third-order valence-electron chi connectivity index (χ3n) is 3.15. The minimum atomic E-state index is 0.890. The van der Waals surface area contributed by atoms with Gasteiger partial charge in [0.15, 0.2) is 0 Å². The largest absolute Gasteiger partial charge is 0.497 e. The minimum Gasteiger partial charge on any atom is -0.497 e. The Morgan fingerprint density at radius 2 is 2.06 bits per heavy atom. The molecule has 1 aromatic heterocycles. The van der Waals surface area contributed by atoms with Crippen LogP contribution in [0.15, 0.2) is 18.2 Å². The standard InChI is InChI=1S/C15H20N2O/c1-5-6-11-8-12-9-13(18-4)7-10(2)14(12)17-15(11)16-3/h7-9H,5-6H2,1-4H3,(H,16,17). The fourth-order valence-electron chi connectivity index (χ4n) is 2.27. The van der Waals surface area contributed by atoms with Crippen LogP contribution in [0.1, 0.15) is 24.5 Å². The number of benzene rings is 1. The Bertz CT molecular complexity index is 564. The third kappa shape index (κ3) is 2.26. The van der Waals surface area contributed by atoms with Crippen LogP contribution in [0.2, 0.25) is 0 Å². The summed E-state index contributed by atoms with van der Waals surface area (Å²) in [6, 6.07) is 6.29. The van der Waals surface area contributed by atoms with Gasteiger partial charge in [0.1, 0.15) is 11.6 Å². The van der Waals surface area contributed by atoms with Gasteiger partial charge in [0.2, 0.25) is 0 Å². The van der Waals surface area contributed by atoms with Crippen molar-refractivity contribution in [1.82, 2.24) is 4.98 Å². The summed E-state index contributed by atoms with van der Waals surface area (Å²) in [5.74, 6) is 1.87. The molecule has 0 unspecified atom stereocenters. The maximum Gasteiger partial charge on any atom is 0.129 e. The maximum atomic E-state index is 5.32. The zero-order valence-electron chi connectivity index (χ0n) is 11.5. The Balaban J connectivity index is 2.66. The van der Waals surface area contributed by atoms with E-state index in [1.165, 1.54) is 5.56 Å². The van der Waals surface area contributed by atoms with E-state index < -0.39 is 0 Å². The molecule has 0 bridgehead atoms. The number of nitrogens with one attached hydrogen (secondary N) is 1. The normalized spacial score (nSPS) is 10.7. The van der Waals surface area contributed by atoms with Crippen LogP contribution in [0, 0.1) is 6.92 Å². The average Bonchev–Trinajstić information content (AvgIpc) is 2.38. The van der Waals surface area contributed by atoms with Crippen LogP contribution in [0.3, 0.4) is 0 Å². The van der Waals surface area contributed by atoms with Gasteiger partial charge in [-0.2, -0.15) is 0 Å². The molecule has 0 aliphatic carbocycles. The van der Waals surface area contributed by atoms with E-state index in [9.17, 15) is 0 Å². The first-order valence-corrected chi connectivity index (χ1v) is 6.35. The van der Waals surface area contributed by atoms with Crippen molar-refractivity contribution in [3.63, 3.8) is 0 Å². The van der Waals surface area contributed by atoms with Crippen LogP contribution >= 0.6 is 0 Å². The Kier molecular flexibility index (Phi) is 3.70. The van der Waals surface area contributed by atoms with Crippen molar-refractivity contribution in [1.29, 1.82) is 0 Å². The van der Waals surface area contributed by atoms with Crippen LogP contribution in [0.5, 0.6) is 5.75 Å². The van der Waals surface area contributed by atoms with Crippen molar-refractivity contribution in [3.8, 4) is 5.75 Å². The smallest absolute Gasteiger partial charge is 0.129 e. The number of fused-ring (bicyclic) bond motifs is 1. The highest BCUT2D eigenvalue weighted by Gasteiger charge is 2.08. The van der Waals surface area contributed by atoms with Crippen LogP contribution < -0.4 is 10.1 Å². The van der Waals surface area contributed by atoms with Crippen LogP contribution in [-0.2, 0) is 6.42 Å². The summed E-state index contributed by atoms with van der Waals surface area (Å²) in [5, 5.41) is 4.33. The second-order valence-corrected chi connectivity index (χ2v) is 4.51. The predicted molar refractivity (Wildman–Crippen MR) is 76.6 cm³/mol. The summed E-state index contributed by atoms with van der Waals surface area (Å²) in [6.45, 7) is 4.25. The van der Waals surface area contributed by atoms with E-state index in [0.29, 0.717) is 0 Å². The predicted octanol–water partition coefficient (Wildman–Crippen LogP) is 3.55. The average molecular weight is 244 g/mol. The Labute approximate surface area is 108 Å². The molecule has 0 fully saturated rings. The molecule has 2 rings (SSSR count). The zero-order chi connectivity index (χ0) is 13.1. The van der Waals surface area contributed by atoms with Gasteiger partial charge >= 0.3 is 0 Å². The first-order chi connectivity index (χ1) is 8.69. The molecule has 2 aromatic rings. The SMILES string of the molecule is CCCc1cc2cc(OC)cc(C)c2nc1NC. The van der Waals surface area contributed by atoms with Crippen molar-refractivity contribution in [2.45, 2.75) is 26.7 Å². The number of hydrogen-bond acceptors (Lipinski definition) is 3.